The zero-order valence-corrected chi connectivity index (χ0v) is 13.6. The molecule has 0 amide bonds. The summed E-state index contributed by atoms with van der Waals surface area (Å²) in [4.78, 5) is 22.4. The average Bonchev–Trinajstić information content (AvgIpc) is 3.09. The van der Waals surface area contributed by atoms with Gasteiger partial charge in [-0.15, -0.1) is 0 Å². The van der Waals surface area contributed by atoms with Gasteiger partial charge in [-0.1, -0.05) is 35.9 Å². The van der Waals surface area contributed by atoms with Gasteiger partial charge >= 0.3 is 0 Å². The first-order chi connectivity index (χ1) is 12.0. The zero-order chi connectivity index (χ0) is 17.8. The number of rotatable bonds is 5. The lowest BCUT2D eigenvalue weighted by Crippen LogP contribution is -1.96. The van der Waals surface area contributed by atoms with E-state index in [0.29, 0.717) is 16.5 Å². The maximum Gasteiger partial charge on any atom is 0.270 e. The molecule has 0 N–H and O–H groups in total. The van der Waals surface area contributed by atoms with Crippen LogP contribution in [0.3, 0.4) is 0 Å². The van der Waals surface area contributed by atoms with Gasteiger partial charge in [-0.3, -0.25) is 14.9 Å². The second-order valence-electron chi connectivity index (χ2n) is 5.22. The number of nitrogens with zero attached hydrogens (tertiary/aromatic N) is 1. The Morgan fingerprint density at radius 3 is 2.64 bits per heavy atom. The van der Waals surface area contributed by atoms with Crippen molar-refractivity contribution in [2.75, 3.05) is 0 Å². The van der Waals surface area contributed by atoms with Gasteiger partial charge in [-0.25, -0.2) is 0 Å². The lowest BCUT2D eigenvalue weighted by molar-refractivity contribution is -0.384. The van der Waals surface area contributed by atoms with E-state index in [1.165, 1.54) is 36.4 Å². The molecule has 3 rings (SSSR count). The summed E-state index contributed by atoms with van der Waals surface area (Å²) in [6, 6.07) is 16.3. The molecule has 6 heteroatoms. The fourth-order valence-corrected chi connectivity index (χ4v) is 2.46. The molecule has 0 atom stereocenters. The molecule has 25 heavy (non-hydrogen) atoms. The van der Waals surface area contributed by atoms with Crippen molar-refractivity contribution in [3.8, 4) is 11.3 Å². The van der Waals surface area contributed by atoms with Crippen LogP contribution >= 0.6 is 11.6 Å². The van der Waals surface area contributed by atoms with Crippen LogP contribution < -0.4 is 0 Å². The van der Waals surface area contributed by atoms with Crippen LogP contribution in [0.5, 0.6) is 0 Å². The molecule has 0 saturated carbocycles. The first-order valence-corrected chi connectivity index (χ1v) is 7.73. The Morgan fingerprint density at radius 1 is 1.08 bits per heavy atom. The summed E-state index contributed by atoms with van der Waals surface area (Å²) in [6.45, 7) is 0. The van der Waals surface area contributed by atoms with Gasteiger partial charge in [0.2, 0.25) is 0 Å². The summed E-state index contributed by atoms with van der Waals surface area (Å²) in [5.41, 5.74) is 0.949. The molecule has 0 aliphatic rings. The molecule has 0 saturated heterocycles. The van der Waals surface area contributed by atoms with E-state index in [-0.39, 0.29) is 17.0 Å². The van der Waals surface area contributed by atoms with Gasteiger partial charge in [0.1, 0.15) is 11.5 Å². The summed E-state index contributed by atoms with van der Waals surface area (Å²) in [6.07, 6.45) is 2.84. The molecule has 0 bridgehead atoms. The van der Waals surface area contributed by atoms with Crippen molar-refractivity contribution in [1.82, 2.24) is 0 Å². The average molecular weight is 354 g/mol. The maximum atomic E-state index is 12.1. The third-order valence-electron chi connectivity index (χ3n) is 3.48. The molecule has 0 aliphatic heterocycles. The fraction of sp³-hybridized carbons (Fsp3) is 0. The number of hydrogen-bond acceptors (Lipinski definition) is 4. The molecule has 1 aromatic heterocycles. The van der Waals surface area contributed by atoms with Crippen molar-refractivity contribution >= 4 is 29.1 Å². The summed E-state index contributed by atoms with van der Waals surface area (Å²) in [5, 5.41) is 11.4. The van der Waals surface area contributed by atoms with Gasteiger partial charge in [0, 0.05) is 28.3 Å². The monoisotopic (exact) mass is 353 g/mol. The second kappa shape index (κ2) is 7.15. The molecule has 0 unspecified atom stereocenters. The number of nitro groups is 1. The lowest BCUT2D eigenvalue weighted by atomic mass is 10.1. The number of nitro benzene ring substituents is 1. The van der Waals surface area contributed by atoms with Crippen LogP contribution in [-0.4, -0.2) is 10.7 Å². The second-order valence-corrected chi connectivity index (χ2v) is 5.65. The van der Waals surface area contributed by atoms with Gasteiger partial charge in [0.25, 0.3) is 5.69 Å². The molecule has 0 radical (unpaired) electrons. The number of allylic oxidation sites excluding steroid dienone is 1. The molecule has 1 heterocycles. The summed E-state index contributed by atoms with van der Waals surface area (Å²) >= 11 is 5.96. The number of non-ortho nitro benzene ring substituents is 1. The highest BCUT2D eigenvalue weighted by Gasteiger charge is 2.10. The summed E-state index contributed by atoms with van der Waals surface area (Å²) < 4.78 is 5.67. The Labute approximate surface area is 148 Å². The first-order valence-electron chi connectivity index (χ1n) is 7.35. The van der Waals surface area contributed by atoms with E-state index >= 15 is 0 Å². The predicted molar refractivity (Wildman–Crippen MR) is 95.6 cm³/mol. The number of carbonyl (C=O) groups excluding carboxylic acids is 1. The van der Waals surface area contributed by atoms with Crippen LogP contribution in [0.2, 0.25) is 5.02 Å². The van der Waals surface area contributed by atoms with E-state index < -0.39 is 4.92 Å². The summed E-state index contributed by atoms with van der Waals surface area (Å²) in [5.74, 6) is 0.781. The van der Waals surface area contributed by atoms with Crippen LogP contribution in [0.1, 0.15) is 16.1 Å². The smallest absolute Gasteiger partial charge is 0.270 e. The zero-order valence-electron chi connectivity index (χ0n) is 12.9. The Kier molecular flexibility index (Phi) is 4.77. The van der Waals surface area contributed by atoms with E-state index in [1.54, 1.807) is 24.3 Å². The Balaban J connectivity index is 1.77. The number of benzene rings is 2. The van der Waals surface area contributed by atoms with E-state index in [1.807, 2.05) is 12.1 Å². The minimum absolute atomic E-state index is 0.125. The van der Waals surface area contributed by atoms with Crippen molar-refractivity contribution in [2.45, 2.75) is 0 Å². The standard InChI is InChI=1S/C19H12ClNO4/c20-15-5-1-4-14(11-15)19-10-8-17(25-19)7-9-18(22)13-3-2-6-16(12-13)21(23)24/h1-12H/b9-7+. The van der Waals surface area contributed by atoms with E-state index in [2.05, 4.69) is 0 Å². The highest BCUT2D eigenvalue weighted by atomic mass is 35.5. The quantitative estimate of drug-likeness (QED) is 0.266. The molecule has 0 fully saturated rings. The van der Waals surface area contributed by atoms with Crippen LogP contribution in [0.15, 0.2) is 71.2 Å². The normalized spacial score (nSPS) is 10.9. The molecular formula is C19H12ClNO4. The van der Waals surface area contributed by atoms with Crippen molar-refractivity contribution in [1.29, 1.82) is 0 Å². The van der Waals surface area contributed by atoms with E-state index in [9.17, 15) is 14.9 Å². The van der Waals surface area contributed by atoms with Gasteiger partial charge < -0.3 is 4.42 Å². The number of ketones is 1. The van der Waals surface area contributed by atoms with Gasteiger partial charge in [-0.2, -0.15) is 0 Å². The van der Waals surface area contributed by atoms with Gasteiger partial charge in [0.15, 0.2) is 5.78 Å². The van der Waals surface area contributed by atoms with E-state index in [0.717, 1.165) is 5.56 Å². The molecule has 2 aromatic carbocycles. The van der Waals surface area contributed by atoms with Crippen molar-refractivity contribution in [3.63, 3.8) is 0 Å². The largest absolute Gasteiger partial charge is 0.457 e. The number of carbonyl (C=O) groups is 1. The molecule has 0 spiro atoms. The maximum absolute atomic E-state index is 12.1. The van der Waals surface area contributed by atoms with Crippen LogP contribution in [0, 0.1) is 10.1 Å². The van der Waals surface area contributed by atoms with Crippen molar-refractivity contribution < 1.29 is 14.1 Å². The third kappa shape index (κ3) is 4.02. The van der Waals surface area contributed by atoms with Crippen LogP contribution in [0.25, 0.3) is 17.4 Å². The molecule has 3 aromatic rings. The van der Waals surface area contributed by atoms with Crippen LogP contribution in [-0.2, 0) is 0 Å². The Bertz CT molecular complexity index is 975. The Hall–Kier alpha value is -3.18. The van der Waals surface area contributed by atoms with E-state index in [4.69, 9.17) is 16.0 Å². The molecule has 5 nitrogen and oxygen atoms in total. The first kappa shape index (κ1) is 16.7. The van der Waals surface area contributed by atoms with Gasteiger partial charge in [-0.05, 0) is 36.4 Å². The number of halogens is 1. The minimum atomic E-state index is -0.537. The third-order valence-corrected chi connectivity index (χ3v) is 3.71. The predicted octanol–water partition coefficient (Wildman–Crippen LogP) is 5.40. The number of hydrogen-bond donors (Lipinski definition) is 0. The molecule has 0 aliphatic carbocycles. The highest BCUT2D eigenvalue weighted by Crippen LogP contribution is 2.25. The Morgan fingerprint density at radius 2 is 1.88 bits per heavy atom. The number of furan rings is 1. The van der Waals surface area contributed by atoms with Crippen molar-refractivity contribution in [3.05, 3.63) is 93.2 Å². The molecular weight excluding hydrogens is 342 g/mol. The molecule has 124 valence electrons. The van der Waals surface area contributed by atoms with Crippen molar-refractivity contribution in [2.24, 2.45) is 0 Å². The van der Waals surface area contributed by atoms with Crippen LogP contribution in [0.4, 0.5) is 5.69 Å². The highest BCUT2D eigenvalue weighted by molar-refractivity contribution is 6.30. The summed E-state index contributed by atoms with van der Waals surface area (Å²) in [7, 11) is 0. The fourth-order valence-electron chi connectivity index (χ4n) is 2.27. The topological polar surface area (TPSA) is 73.3 Å². The minimum Gasteiger partial charge on any atom is -0.457 e. The lowest BCUT2D eigenvalue weighted by Gasteiger charge is -1.97. The van der Waals surface area contributed by atoms with Gasteiger partial charge in [0.05, 0.1) is 4.92 Å². The SMILES string of the molecule is O=C(/C=C/c1ccc(-c2cccc(Cl)c2)o1)c1cccc([N+](=O)[O-])c1.